The Kier molecular flexibility index (Phi) is 1.66. The molecule has 0 amide bonds. The molecule has 0 aromatic rings. The molecule has 4 aliphatic carbocycles. The van der Waals surface area contributed by atoms with Crippen molar-refractivity contribution in [1.29, 1.82) is 0 Å². The fourth-order valence-electron chi connectivity index (χ4n) is 4.77. The zero-order valence-electron chi connectivity index (χ0n) is 8.38. The van der Waals surface area contributed by atoms with Crippen molar-refractivity contribution in [3.05, 3.63) is 0 Å². The maximum Gasteiger partial charge on any atom is 0.0728 e. The molecule has 4 aliphatic rings. The summed E-state index contributed by atoms with van der Waals surface area (Å²) >= 11 is 0. The van der Waals surface area contributed by atoms with Crippen molar-refractivity contribution in [2.24, 2.45) is 17.3 Å². The highest BCUT2D eigenvalue weighted by Crippen LogP contribution is 2.62. The SMILES string of the molecule is CC12CC3CC(C1)CC(OP)(C3)C2. The smallest absolute Gasteiger partial charge is 0.0728 e. The molecule has 0 saturated heterocycles. The molecular weight excluding hydrogens is 179 g/mol. The maximum atomic E-state index is 5.73. The third kappa shape index (κ3) is 1.20. The number of rotatable bonds is 1. The Morgan fingerprint density at radius 2 is 1.77 bits per heavy atom. The predicted octanol–water partition coefficient (Wildman–Crippen LogP) is 3.15. The monoisotopic (exact) mass is 198 g/mol. The first-order valence-corrected chi connectivity index (χ1v) is 5.98. The third-order valence-electron chi connectivity index (χ3n) is 4.55. The second-order valence-electron chi connectivity index (χ2n) is 6.07. The largest absolute Gasteiger partial charge is 0.359 e. The first-order valence-electron chi connectivity index (χ1n) is 5.51. The number of hydrogen-bond donors (Lipinski definition) is 0. The van der Waals surface area contributed by atoms with Gasteiger partial charge in [0.15, 0.2) is 0 Å². The van der Waals surface area contributed by atoms with Gasteiger partial charge in [0.25, 0.3) is 0 Å². The van der Waals surface area contributed by atoms with Crippen LogP contribution in [0.1, 0.15) is 45.4 Å². The van der Waals surface area contributed by atoms with E-state index in [9.17, 15) is 0 Å². The van der Waals surface area contributed by atoms with Crippen molar-refractivity contribution in [3.63, 3.8) is 0 Å². The van der Waals surface area contributed by atoms with Crippen LogP contribution in [-0.2, 0) is 4.52 Å². The Labute approximate surface area is 82.9 Å². The van der Waals surface area contributed by atoms with Gasteiger partial charge >= 0.3 is 0 Å². The first kappa shape index (κ1) is 8.68. The topological polar surface area (TPSA) is 9.23 Å². The van der Waals surface area contributed by atoms with Crippen LogP contribution in [-0.4, -0.2) is 5.60 Å². The Hall–Kier alpha value is 0.390. The van der Waals surface area contributed by atoms with Gasteiger partial charge in [-0.25, -0.2) is 0 Å². The Bertz CT molecular complexity index is 224. The normalized spacial score (nSPS) is 58.6. The summed E-state index contributed by atoms with van der Waals surface area (Å²) in [5.41, 5.74) is 0.893. The van der Waals surface area contributed by atoms with Crippen LogP contribution in [0.15, 0.2) is 0 Å². The summed E-state index contributed by atoms with van der Waals surface area (Å²) in [6.07, 6.45) is 8.42. The summed E-state index contributed by atoms with van der Waals surface area (Å²) < 4.78 is 5.73. The van der Waals surface area contributed by atoms with Crippen molar-refractivity contribution in [2.45, 2.75) is 51.0 Å². The molecule has 13 heavy (non-hydrogen) atoms. The van der Waals surface area contributed by atoms with E-state index in [1.165, 1.54) is 38.5 Å². The second kappa shape index (κ2) is 2.49. The standard InChI is InChI=1S/C11H19OP/c1-10-3-8-2-9(4-10)6-11(5-8,7-10)12-13/h8-9H,2-7,13H2,1H3. The summed E-state index contributed by atoms with van der Waals surface area (Å²) in [7, 11) is 2.52. The molecule has 1 nitrogen and oxygen atoms in total. The van der Waals surface area contributed by atoms with Gasteiger partial charge in [-0.1, -0.05) is 6.92 Å². The van der Waals surface area contributed by atoms with Gasteiger partial charge in [0.2, 0.25) is 0 Å². The zero-order chi connectivity index (χ0) is 9.10. The minimum absolute atomic E-state index is 0.267. The molecule has 0 N–H and O–H groups in total. The molecule has 4 fully saturated rings. The van der Waals surface area contributed by atoms with Crippen LogP contribution < -0.4 is 0 Å². The summed E-state index contributed by atoms with van der Waals surface area (Å²) in [5, 5.41) is 0. The van der Waals surface area contributed by atoms with Crippen LogP contribution in [0.3, 0.4) is 0 Å². The molecule has 0 heterocycles. The van der Waals surface area contributed by atoms with E-state index in [2.05, 4.69) is 16.4 Å². The van der Waals surface area contributed by atoms with E-state index in [0.29, 0.717) is 5.41 Å². The van der Waals surface area contributed by atoms with Crippen molar-refractivity contribution in [3.8, 4) is 0 Å². The van der Waals surface area contributed by atoms with Crippen LogP contribution >= 0.6 is 9.47 Å². The quantitative estimate of drug-likeness (QED) is 0.588. The Morgan fingerprint density at radius 1 is 1.15 bits per heavy atom. The van der Waals surface area contributed by atoms with Crippen LogP contribution in [0.5, 0.6) is 0 Å². The lowest BCUT2D eigenvalue weighted by Crippen LogP contribution is -2.54. The highest BCUT2D eigenvalue weighted by atomic mass is 31.0. The molecule has 4 rings (SSSR count). The molecule has 3 unspecified atom stereocenters. The summed E-state index contributed by atoms with van der Waals surface area (Å²) in [5.74, 6) is 1.96. The van der Waals surface area contributed by atoms with Crippen LogP contribution in [0.4, 0.5) is 0 Å². The minimum atomic E-state index is 0.267. The van der Waals surface area contributed by atoms with Gasteiger partial charge in [0.1, 0.15) is 0 Å². The van der Waals surface area contributed by atoms with Crippen LogP contribution in [0.2, 0.25) is 0 Å². The third-order valence-corrected chi connectivity index (χ3v) is 5.05. The van der Waals surface area contributed by atoms with E-state index in [-0.39, 0.29) is 5.60 Å². The Morgan fingerprint density at radius 3 is 2.23 bits per heavy atom. The van der Waals surface area contributed by atoms with E-state index in [1.807, 2.05) is 0 Å². The molecule has 3 atom stereocenters. The van der Waals surface area contributed by atoms with Crippen molar-refractivity contribution in [1.82, 2.24) is 0 Å². The fourth-order valence-corrected chi connectivity index (χ4v) is 5.04. The van der Waals surface area contributed by atoms with Gasteiger partial charge in [-0.05, 0) is 55.8 Å². The van der Waals surface area contributed by atoms with E-state index in [1.54, 1.807) is 0 Å². The van der Waals surface area contributed by atoms with Crippen molar-refractivity contribution in [2.75, 3.05) is 0 Å². The summed E-state index contributed by atoms with van der Waals surface area (Å²) in [6.45, 7) is 2.48. The lowest BCUT2D eigenvalue weighted by atomic mass is 9.48. The summed E-state index contributed by atoms with van der Waals surface area (Å²) in [4.78, 5) is 0. The molecule has 2 heteroatoms. The van der Waals surface area contributed by atoms with Crippen LogP contribution in [0, 0.1) is 17.3 Å². The lowest BCUT2D eigenvalue weighted by molar-refractivity contribution is -0.136. The molecule has 4 saturated carbocycles. The lowest BCUT2D eigenvalue weighted by Gasteiger charge is -2.60. The van der Waals surface area contributed by atoms with E-state index >= 15 is 0 Å². The molecular formula is C11H19OP. The van der Waals surface area contributed by atoms with E-state index in [4.69, 9.17) is 4.52 Å². The van der Waals surface area contributed by atoms with Gasteiger partial charge in [0, 0.05) is 9.47 Å². The van der Waals surface area contributed by atoms with Gasteiger partial charge in [0.05, 0.1) is 5.60 Å². The fraction of sp³-hybridized carbons (Fsp3) is 1.00. The first-order chi connectivity index (χ1) is 6.13. The highest BCUT2D eigenvalue weighted by Gasteiger charge is 2.56. The molecule has 0 aromatic heterocycles. The average molecular weight is 198 g/mol. The van der Waals surface area contributed by atoms with Gasteiger partial charge < -0.3 is 4.52 Å². The molecule has 74 valence electrons. The van der Waals surface area contributed by atoms with E-state index < -0.39 is 0 Å². The maximum absolute atomic E-state index is 5.73. The zero-order valence-corrected chi connectivity index (χ0v) is 9.54. The predicted molar refractivity (Wildman–Crippen MR) is 56.3 cm³/mol. The van der Waals surface area contributed by atoms with Gasteiger partial charge in [-0.2, -0.15) is 0 Å². The van der Waals surface area contributed by atoms with Crippen molar-refractivity contribution >= 4 is 9.47 Å². The van der Waals surface area contributed by atoms with E-state index in [0.717, 1.165) is 11.8 Å². The molecule has 4 bridgehead atoms. The number of hydrogen-bond acceptors (Lipinski definition) is 1. The Balaban J connectivity index is 1.95. The summed E-state index contributed by atoms with van der Waals surface area (Å²) in [6, 6.07) is 0. The molecule has 0 aliphatic heterocycles. The van der Waals surface area contributed by atoms with Crippen LogP contribution in [0.25, 0.3) is 0 Å². The second-order valence-corrected chi connectivity index (χ2v) is 6.31. The van der Waals surface area contributed by atoms with Crippen molar-refractivity contribution < 1.29 is 4.52 Å². The minimum Gasteiger partial charge on any atom is -0.359 e. The molecule has 0 radical (unpaired) electrons. The molecule has 0 aromatic carbocycles. The average Bonchev–Trinajstić information content (AvgIpc) is 1.99. The van der Waals surface area contributed by atoms with Gasteiger partial charge in [-0.3, -0.25) is 0 Å². The molecule has 0 spiro atoms. The highest BCUT2D eigenvalue weighted by molar-refractivity contribution is 7.09. The van der Waals surface area contributed by atoms with Gasteiger partial charge in [-0.15, -0.1) is 0 Å².